The van der Waals surface area contributed by atoms with Crippen LogP contribution in [0.2, 0.25) is 54.4 Å². The maximum atomic E-state index is 14.5. The fourth-order valence-electron chi connectivity index (χ4n) is 2.86. The second-order valence-corrected chi connectivity index (χ2v) is 28.4. The third kappa shape index (κ3) is 7.00. The molecule has 0 aromatic carbocycles. The maximum absolute atomic E-state index is 14.5. The van der Waals surface area contributed by atoms with E-state index in [0.29, 0.717) is 0 Å². The second-order valence-electron chi connectivity index (χ2n) is 14.1. The first-order valence-corrected chi connectivity index (χ1v) is 20.9. The standard InChI is InChI=1S/C24H51FO5Si3/c1-22(2,3)31(10,11)28-17(16-25)18-19(29-32(12,13)23(4,5)6)20(21(26)27-18)30-33(14,15)24(7,8)9/h17-20H,16H2,1-15H3/t17-,18+,19+,20-/m0/s1. The molecule has 33 heavy (non-hydrogen) atoms. The van der Waals surface area contributed by atoms with Gasteiger partial charge in [-0.25, -0.2) is 9.18 Å². The molecule has 0 radical (unpaired) electrons. The Morgan fingerprint density at radius 2 is 1.18 bits per heavy atom. The average molecular weight is 523 g/mol. The van der Waals surface area contributed by atoms with E-state index in [4.69, 9.17) is 18.0 Å². The molecule has 1 rings (SSSR count). The number of hydrogen-bond acceptors (Lipinski definition) is 5. The number of ether oxygens (including phenoxy) is 1. The summed E-state index contributed by atoms with van der Waals surface area (Å²) in [6.45, 7) is 31.1. The Bertz CT molecular complexity index is 690. The van der Waals surface area contributed by atoms with Crippen LogP contribution in [0, 0.1) is 0 Å². The van der Waals surface area contributed by atoms with Gasteiger partial charge in [0.05, 0.1) is 0 Å². The minimum Gasteiger partial charge on any atom is -0.455 e. The fraction of sp³-hybridized carbons (Fsp3) is 0.958. The third-order valence-electron chi connectivity index (χ3n) is 8.34. The summed E-state index contributed by atoms with van der Waals surface area (Å²) in [7, 11) is -6.95. The fourth-order valence-corrected chi connectivity index (χ4v) is 6.68. The highest BCUT2D eigenvalue weighted by Crippen LogP contribution is 2.44. The van der Waals surface area contributed by atoms with Gasteiger partial charge in [0, 0.05) is 0 Å². The zero-order chi connectivity index (χ0) is 26.4. The SMILES string of the molecule is CC(C)(C)[Si](C)(C)O[C@@H]1[C@@H]([C@H](CF)O[Si](C)(C)C(C)(C)C)OC(=O)[C@H]1O[Si](C)(C)C(C)(C)C. The van der Waals surface area contributed by atoms with Gasteiger partial charge in [-0.1, -0.05) is 62.3 Å². The van der Waals surface area contributed by atoms with Crippen LogP contribution >= 0.6 is 0 Å². The number of cyclic esters (lactones) is 1. The molecule has 1 heterocycles. The average Bonchev–Trinajstić information content (AvgIpc) is 2.85. The molecule has 0 aliphatic carbocycles. The van der Waals surface area contributed by atoms with Crippen molar-refractivity contribution >= 4 is 30.9 Å². The quantitative estimate of drug-likeness (QED) is 0.252. The molecule has 0 amide bonds. The van der Waals surface area contributed by atoms with Crippen LogP contribution in [0.3, 0.4) is 0 Å². The minimum atomic E-state index is -2.32. The lowest BCUT2D eigenvalue weighted by molar-refractivity contribution is -0.150. The number of halogens is 1. The first kappa shape index (κ1) is 31.0. The van der Waals surface area contributed by atoms with Crippen LogP contribution in [0.25, 0.3) is 0 Å². The molecule has 4 atom stereocenters. The minimum absolute atomic E-state index is 0.0871. The van der Waals surface area contributed by atoms with Gasteiger partial charge in [0.15, 0.2) is 37.2 Å². The van der Waals surface area contributed by atoms with Crippen molar-refractivity contribution in [2.75, 3.05) is 6.67 Å². The van der Waals surface area contributed by atoms with Crippen molar-refractivity contribution in [3.63, 3.8) is 0 Å². The summed E-state index contributed by atoms with van der Waals surface area (Å²) >= 11 is 0. The first-order chi connectivity index (χ1) is 14.4. The molecule has 0 spiro atoms. The van der Waals surface area contributed by atoms with Gasteiger partial charge in [-0.15, -0.1) is 0 Å². The Morgan fingerprint density at radius 1 is 0.788 bits per heavy atom. The number of carbonyl (C=O) groups is 1. The highest BCUT2D eigenvalue weighted by molar-refractivity contribution is 6.75. The van der Waals surface area contributed by atoms with Gasteiger partial charge in [-0.2, -0.15) is 0 Å². The lowest BCUT2D eigenvalue weighted by Gasteiger charge is -2.44. The molecule has 0 saturated carbocycles. The van der Waals surface area contributed by atoms with Gasteiger partial charge in [0.1, 0.15) is 18.9 Å². The van der Waals surface area contributed by atoms with E-state index in [1.807, 2.05) is 0 Å². The summed E-state index contributed by atoms with van der Waals surface area (Å²) in [5.41, 5.74) is 0. The smallest absolute Gasteiger partial charge is 0.337 e. The highest BCUT2D eigenvalue weighted by atomic mass is 28.4. The zero-order valence-electron chi connectivity index (χ0n) is 23.9. The number of carbonyl (C=O) groups excluding carboxylic acids is 1. The van der Waals surface area contributed by atoms with E-state index in [1.165, 1.54) is 0 Å². The molecule has 0 aromatic heterocycles. The summed E-state index contributed by atoms with van der Waals surface area (Å²) in [6, 6.07) is 0. The number of rotatable bonds is 8. The number of hydrogen-bond donors (Lipinski definition) is 0. The van der Waals surface area contributed by atoms with Crippen LogP contribution in [-0.4, -0.2) is 62.0 Å². The Morgan fingerprint density at radius 3 is 1.55 bits per heavy atom. The summed E-state index contributed by atoms with van der Waals surface area (Å²) in [4.78, 5) is 13.2. The van der Waals surface area contributed by atoms with E-state index in [9.17, 15) is 9.18 Å². The predicted octanol–water partition coefficient (Wildman–Crippen LogP) is 7.05. The van der Waals surface area contributed by atoms with Crippen molar-refractivity contribution in [1.82, 2.24) is 0 Å². The topological polar surface area (TPSA) is 54.0 Å². The van der Waals surface area contributed by atoms with Crippen molar-refractivity contribution in [2.45, 2.75) is 141 Å². The summed E-state index contributed by atoms with van der Waals surface area (Å²) < 4.78 is 40.1. The lowest BCUT2D eigenvalue weighted by Crippen LogP contribution is -2.56. The van der Waals surface area contributed by atoms with Crippen LogP contribution in [0.5, 0.6) is 0 Å². The predicted molar refractivity (Wildman–Crippen MR) is 142 cm³/mol. The summed E-state index contributed by atoms with van der Waals surface area (Å²) in [5.74, 6) is -0.467. The Balaban J connectivity index is 3.44. The van der Waals surface area contributed by atoms with E-state index in [-0.39, 0.29) is 15.1 Å². The van der Waals surface area contributed by atoms with Gasteiger partial charge < -0.3 is 18.0 Å². The van der Waals surface area contributed by atoms with Crippen LogP contribution in [0.4, 0.5) is 4.39 Å². The lowest BCUT2D eigenvalue weighted by atomic mass is 10.1. The highest BCUT2D eigenvalue weighted by Gasteiger charge is 2.57. The van der Waals surface area contributed by atoms with E-state index in [1.54, 1.807) is 0 Å². The maximum Gasteiger partial charge on any atom is 0.337 e. The van der Waals surface area contributed by atoms with Crippen molar-refractivity contribution in [3.05, 3.63) is 0 Å². The van der Waals surface area contributed by atoms with Crippen LogP contribution in [-0.2, 0) is 22.8 Å². The van der Waals surface area contributed by atoms with Gasteiger partial charge in [-0.05, 0) is 54.4 Å². The second kappa shape index (κ2) is 9.77. The van der Waals surface area contributed by atoms with E-state index >= 15 is 0 Å². The molecular weight excluding hydrogens is 472 g/mol. The Kier molecular flexibility index (Phi) is 9.16. The van der Waals surface area contributed by atoms with Gasteiger partial charge in [0.25, 0.3) is 0 Å². The molecular formula is C24H51FO5Si3. The van der Waals surface area contributed by atoms with E-state index in [0.717, 1.165) is 0 Å². The van der Waals surface area contributed by atoms with E-state index < -0.39 is 62.0 Å². The summed E-state index contributed by atoms with van der Waals surface area (Å²) in [6.07, 6.45) is -3.28. The molecule has 1 aliphatic heterocycles. The molecule has 196 valence electrons. The zero-order valence-corrected chi connectivity index (χ0v) is 26.9. The van der Waals surface area contributed by atoms with Gasteiger partial charge >= 0.3 is 5.97 Å². The molecule has 9 heteroatoms. The van der Waals surface area contributed by atoms with E-state index in [2.05, 4.69) is 102 Å². The molecule has 1 saturated heterocycles. The van der Waals surface area contributed by atoms with Crippen LogP contribution in [0.15, 0.2) is 0 Å². The molecule has 0 bridgehead atoms. The van der Waals surface area contributed by atoms with Crippen molar-refractivity contribution in [2.24, 2.45) is 0 Å². The molecule has 5 nitrogen and oxygen atoms in total. The summed E-state index contributed by atoms with van der Waals surface area (Å²) in [5, 5.41) is -0.282. The molecule has 0 N–H and O–H groups in total. The van der Waals surface area contributed by atoms with Gasteiger partial charge in [-0.3, -0.25) is 0 Å². The molecule has 0 unspecified atom stereocenters. The largest absolute Gasteiger partial charge is 0.455 e. The molecule has 1 aliphatic rings. The monoisotopic (exact) mass is 522 g/mol. The van der Waals surface area contributed by atoms with Crippen LogP contribution < -0.4 is 0 Å². The van der Waals surface area contributed by atoms with Crippen molar-refractivity contribution < 1.29 is 27.2 Å². The first-order valence-electron chi connectivity index (χ1n) is 12.2. The van der Waals surface area contributed by atoms with Gasteiger partial charge in [0.2, 0.25) is 0 Å². The Labute approximate surface area is 205 Å². The number of alkyl halides is 1. The van der Waals surface area contributed by atoms with Crippen LogP contribution in [0.1, 0.15) is 62.3 Å². The molecule has 0 aromatic rings. The molecule has 1 fully saturated rings. The third-order valence-corrected chi connectivity index (χ3v) is 21.8. The van der Waals surface area contributed by atoms with Crippen molar-refractivity contribution in [1.29, 1.82) is 0 Å². The van der Waals surface area contributed by atoms with Crippen molar-refractivity contribution in [3.8, 4) is 0 Å². The Hall–Kier alpha value is -0.0694. The normalized spacial score (nSPS) is 24.7. The number of esters is 1.